The van der Waals surface area contributed by atoms with E-state index in [2.05, 4.69) is 21.2 Å². The van der Waals surface area contributed by atoms with Gasteiger partial charge in [0.1, 0.15) is 18.3 Å². The molecule has 0 heterocycles. The van der Waals surface area contributed by atoms with Gasteiger partial charge in [-0.15, -0.1) is 0 Å². The standard InChI is InChI=1S/C28H32BrN3O5S/c1-19-9-11-23(12-10-19)32(38(35,36)24-13-14-26(37-5)25(29)16-24)18-27(33)31(21(3)28(34)30-4)17-22-8-6-7-20(2)15-22/h6-16,21H,17-18H2,1-5H3,(H,30,34)/t21-/m0/s1. The van der Waals surface area contributed by atoms with E-state index < -0.39 is 28.5 Å². The minimum Gasteiger partial charge on any atom is -0.496 e. The van der Waals surface area contributed by atoms with Crippen LogP contribution >= 0.6 is 15.9 Å². The van der Waals surface area contributed by atoms with Crippen LogP contribution in [0.15, 0.2) is 76.1 Å². The average Bonchev–Trinajstić information content (AvgIpc) is 2.89. The van der Waals surface area contributed by atoms with Gasteiger partial charge in [-0.2, -0.15) is 0 Å². The van der Waals surface area contributed by atoms with Crippen LogP contribution in [0.4, 0.5) is 5.69 Å². The second-order valence-corrected chi connectivity index (χ2v) is 11.7. The molecular weight excluding hydrogens is 570 g/mol. The van der Waals surface area contributed by atoms with Crippen LogP contribution in [0.25, 0.3) is 0 Å². The highest BCUT2D eigenvalue weighted by Gasteiger charge is 2.32. The summed E-state index contributed by atoms with van der Waals surface area (Å²) in [7, 11) is -1.19. The van der Waals surface area contributed by atoms with Gasteiger partial charge in [0.2, 0.25) is 11.8 Å². The van der Waals surface area contributed by atoms with Gasteiger partial charge >= 0.3 is 0 Å². The first-order chi connectivity index (χ1) is 18.0. The SMILES string of the molecule is CNC(=O)[C@H](C)N(Cc1cccc(C)c1)C(=O)CN(c1ccc(C)cc1)S(=O)(=O)c1ccc(OC)c(Br)c1. The molecule has 1 N–H and O–H groups in total. The maximum atomic E-state index is 13.9. The predicted octanol–water partition coefficient (Wildman–Crippen LogP) is 4.43. The zero-order valence-electron chi connectivity index (χ0n) is 22.1. The highest BCUT2D eigenvalue weighted by atomic mass is 79.9. The Morgan fingerprint density at radius 1 is 1.00 bits per heavy atom. The van der Waals surface area contributed by atoms with Gasteiger partial charge in [-0.1, -0.05) is 47.5 Å². The molecule has 0 unspecified atom stereocenters. The fourth-order valence-corrected chi connectivity index (χ4v) is 6.11. The van der Waals surface area contributed by atoms with Gasteiger partial charge in [-0.05, 0) is 72.6 Å². The van der Waals surface area contributed by atoms with Crippen molar-refractivity contribution in [1.29, 1.82) is 0 Å². The monoisotopic (exact) mass is 601 g/mol. The molecule has 0 spiro atoms. The molecule has 0 aliphatic heterocycles. The predicted molar refractivity (Wildman–Crippen MR) is 152 cm³/mol. The van der Waals surface area contributed by atoms with Gasteiger partial charge in [-0.3, -0.25) is 13.9 Å². The van der Waals surface area contributed by atoms with Crippen molar-refractivity contribution in [3.05, 3.63) is 87.9 Å². The Balaban J connectivity index is 2.05. The highest BCUT2D eigenvalue weighted by Crippen LogP contribution is 2.31. The molecule has 1 atom stereocenters. The molecule has 3 aromatic carbocycles. The summed E-state index contributed by atoms with van der Waals surface area (Å²) < 4.78 is 34.6. The molecule has 38 heavy (non-hydrogen) atoms. The first kappa shape index (κ1) is 29.2. The number of rotatable bonds is 10. The molecular formula is C28H32BrN3O5S. The lowest BCUT2D eigenvalue weighted by molar-refractivity contribution is -0.139. The van der Waals surface area contributed by atoms with Gasteiger partial charge in [0.25, 0.3) is 10.0 Å². The molecule has 0 aromatic heterocycles. The first-order valence-electron chi connectivity index (χ1n) is 12.0. The normalized spacial score (nSPS) is 11.9. The molecule has 0 aliphatic rings. The zero-order valence-corrected chi connectivity index (χ0v) is 24.5. The second-order valence-electron chi connectivity index (χ2n) is 8.94. The number of methoxy groups -OCH3 is 1. The molecule has 202 valence electrons. The van der Waals surface area contributed by atoms with Crippen LogP contribution in [0.3, 0.4) is 0 Å². The van der Waals surface area contributed by atoms with Crippen LogP contribution < -0.4 is 14.4 Å². The minimum absolute atomic E-state index is 0.0110. The van der Waals surface area contributed by atoms with Gasteiger partial charge < -0.3 is 15.0 Å². The summed E-state index contributed by atoms with van der Waals surface area (Å²) >= 11 is 3.35. The summed E-state index contributed by atoms with van der Waals surface area (Å²) in [6, 6.07) is 18.1. The number of ether oxygens (including phenoxy) is 1. The average molecular weight is 603 g/mol. The summed E-state index contributed by atoms with van der Waals surface area (Å²) in [6.07, 6.45) is 0. The first-order valence-corrected chi connectivity index (χ1v) is 14.2. The molecule has 0 fully saturated rings. The number of amides is 2. The third-order valence-corrected chi connectivity index (χ3v) is 8.55. The maximum absolute atomic E-state index is 13.9. The minimum atomic E-state index is -4.17. The van der Waals surface area contributed by atoms with Crippen molar-refractivity contribution in [2.75, 3.05) is 25.0 Å². The lowest BCUT2D eigenvalue weighted by atomic mass is 10.1. The smallest absolute Gasteiger partial charge is 0.264 e. The van der Waals surface area contributed by atoms with E-state index in [0.717, 1.165) is 21.0 Å². The van der Waals surface area contributed by atoms with Gasteiger partial charge in [0, 0.05) is 13.6 Å². The van der Waals surface area contributed by atoms with Crippen molar-refractivity contribution >= 4 is 43.5 Å². The Hall–Kier alpha value is -3.37. The van der Waals surface area contributed by atoms with Crippen molar-refractivity contribution in [2.45, 2.75) is 38.3 Å². The van der Waals surface area contributed by atoms with Crippen LogP contribution in [0.1, 0.15) is 23.6 Å². The molecule has 0 saturated carbocycles. The number of aryl methyl sites for hydroxylation is 2. The Morgan fingerprint density at radius 2 is 1.68 bits per heavy atom. The largest absolute Gasteiger partial charge is 0.496 e. The van der Waals surface area contributed by atoms with E-state index in [1.54, 1.807) is 37.3 Å². The quantitative estimate of drug-likeness (QED) is 0.371. The Labute approximate surface area is 232 Å². The number of carbonyl (C=O) groups excluding carboxylic acids is 2. The third kappa shape index (κ3) is 6.73. The van der Waals surface area contributed by atoms with Crippen LogP contribution in [-0.2, 0) is 26.2 Å². The summed E-state index contributed by atoms with van der Waals surface area (Å²) in [5.41, 5.74) is 3.12. The fourth-order valence-electron chi connectivity index (χ4n) is 3.97. The molecule has 8 nitrogen and oxygen atoms in total. The van der Waals surface area contributed by atoms with E-state index in [-0.39, 0.29) is 17.3 Å². The van der Waals surface area contributed by atoms with E-state index in [1.165, 1.54) is 31.2 Å². The number of hydrogen-bond acceptors (Lipinski definition) is 5. The molecule has 3 aromatic rings. The number of nitrogens with one attached hydrogen (secondary N) is 1. The number of carbonyl (C=O) groups is 2. The lowest BCUT2D eigenvalue weighted by Gasteiger charge is -2.32. The van der Waals surface area contributed by atoms with Crippen LogP contribution in [-0.4, -0.2) is 51.9 Å². The van der Waals surface area contributed by atoms with Crippen molar-refractivity contribution in [3.63, 3.8) is 0 Å². The number of benzene rings is 3. The number of likely N-dealkylation sites (N-methyl/N-ethyl adjacent to an activating group) is 1. The number of sulfonamides is 1. The number of nitrogens with zero attached hydrogens (tertiary/aromatic N) is 2. The van der Waals surface area contributed by atoms with Crippen molar-refractivity contribution in [3.8, 4) is 5.75 Å². The van der Waals surface area contributed by atoms with Crippen LogP contribution in [0.5, 0.6) is 5.75 Å². The lowest BCUT2D eigenvalue weighted by Crippen LogP contribution is -2.50. The van der Waals surface area contributed by atoms with Crippen molar-refractivity contribution < 1.29 is 22.7 Å². The Morgan fingerprint density at radius 3 is 2.26 bits per heavy atom. The van der Waals surface area contributed by atoms with E-state index in [4.69, 9.17) is 4.74 Å². The molecule has 0 bridgehead atoms. The Bertz CT molecular complexity index is 1410. The summed E-state index contributed by atoms with van der Waals surface area (Å²) in [5, 5.41) is 2.58. The van der Waals surface area contributed by atoms with E-state index >= 15 is 0 Å². The van der Waals surface area contributed by atoms with E-state index in [9.17, 15) is 18.0 Å². The number of hydrogen-bond donors (Lipinski definition) is 1. The summed E-state index contributed by atoms with van der Waals surface area (Å²) in [4.78, 5) is 27.8. The molecule has 10 heteroatoms. The number of anilines is 1. The van der Waals surface area contributed by atoms with E-state index in [0.29, 0.717) is 15.9 Å². The molecule has 0 aliphatic carbocycles. The second kappa shape index (κ2) is 12.4. The highest BCUT2D eigenvalue weighted by molar-refractivity contribution is 9.10. The number of halogens is 1. The molecule has 0 saturated heterocycles. The van der Waals surface area contributed by atoms with Crippen molar-refractivity contribution in [1.82, 2.24) is 10.2 Å². The van der Waals surface area contributed by atoms with Crippen molar-refractivity contribution in [2.24, 2.45) is 0 Å². The zero-order chi connectivity index (χ0) is 28.0. The topological polar surface area (TPSA) is 96.0 Å². The van der Waals surface area contributed by atoms with Gasteiger partial charge in [-0.25, -0.2) is 8.42 Å². The summed E-state index contributed by atoms with van der Waals surface area (Å²) in [5.74, 6) is -0.389. The molecule has 3 rings (SSSR count). The fraction of sp³-hybridized carbons (Fsp3) is 0.286. The third-order valence-electron chi connectivity index (χ3n) is 6.16. The molecule has 0 radical (unpaired) electrons. The van der Waals surface area contributed by atoms with Crippen LogP contribution in [0.2, 0.25) is 0 Å². The van der Waals surface area contributed by atoms with Crippen LogP contribution in [0, 0.1) is 13.8 Å². The van der Waals surface area contributed by atoms with Gasteiger partial charge in [0.05, 0.1) is 22.2 Å². The molecule has 2 amide bonds. The Kier molecular flexibility index (Phi) is 9.56. The van der Waals surface area contributed by atoms with E-state index in [1.807, 2.05) is 38.1 Å². The van der Waals surface area contributed by atoms with Gasteiger partial charge in [0.15, 0.2) is 0 Å². The summed E-state index contributed by atoms with van der Waals surface area (Å²) in [6.45, 7) is 5.10. The maximum Gasteiger partial charge on any atom is 0.264 e.